The van der Waals surface area contributed by atoms with Gasteiger partial charge >= 0.3 is 0 Å². The number of hydrogen-bond donors (Lipinski definition) is 3. The third-order valence-electron chi connectivity index (χ3n) is 11.6. The topological polar surface area (TPSA) is 116 Å². The number of fused-ring (bicyclic) bond motifs is 3. The van der Waals surface area contributed by atoms with Crippen molar-refractivity contribution in [3.05, 3.63) is 83.5 Å². The number of rotatable bonds is 25. The van der Waals surface area contributed by atoms with Crippen LogP contribution in [0.15, 0.2) is 60.8 Å². The Labute approximate surface area is 357 Å². The van der Waals surface area contributed by atoms with E-state index in [-0.39, 0.29) is 42.8 Å². The Morgan fingerprint density at radius 1 is 0.850 bits per heavy atom. The fourth-order valence-electron chi connectivity index (χ4n) is 8.23. The van der Waals surface area contributed by atoms with Crippen LogP contribution in [0.25, 0.3) is 16.5 Å². The molecule has 0 saturated carbocycles. The van der Waals surface area contributed by atoms with Gasteiger partial charge in [0, 0.05) is 73.8 Å². The highest BCUT2D eigenvalue weighted by Crippen LogP contribution is 2.40. The van der Waals surface area contributed by atoms with Crippen molar-refractivity contribution in [1.29, 1.82) is 0 Å². The lowest BCUT2D eigenvalue weighted by molar-refractivity contribution is -0.121. The molecule has 1 aromatic heterocycles. The molecule has 0 atom stereocenters. The fourth-order valence-corrected chi connectivity index (χ4v) is 8.23. The first-order valence-corrected chi connectivity index (χ1v) is 22.7. The summed E-state index contributed by atoms with van der Waals surface area (Å²) in [6, 6.07) is 11.7. The smallest absolute Gasteiger partial charge is 0.257 e. The van der Waals surface area contributed by atoms with Crippen LogP contribution in [0.5, 0.6) is 5.75 Å². The van der Waals surface area contributed by atoms with Gasteiger partial charge in [0.25, 0.3) is 11.8 Å². The molecule has 3 N–H and O–H groups in total. The van der Waals surface area contributed by atoms with Gasteiger partial charge in [-0.3, -0.25) is 19.3 Å². The van der Waals surface area contributed by atoms with Gasteiger partial charge in [-0.1, -0.05) is 84.3 Å². The molecule has 0 radical (unpaired) electrons. The van der Waals surface area contributed by atoms with E-state index in [1.807, 2.05) is 13.8 Å². The van der Waals surface area contributed by atoms with Gasteiger partial charge in [-0.05, 0) is 86.6 Å². The number of nitrogens with zero attached hydrogens (tertiary/aromatic N) is 2. The number of aromatic nitrogens is 1. The van der Waals surface area contributed by atoms with E-state index in [4.69, 9.17) is 9.47 Å². The van der Waals surface area contributed by atoms with Crippen molar-refractivity contribution in [2.24, 2.45) is 0 Å². The highest BCUT2D eigenvalue weighted by atomic mass is 19.1. The number of ether oxygens (including phenoxy) is 2. The number of unbranched alkanes of at least 4 members (excludes halogenated alkanes) is 11. The van der Waals surface area contributed by atoms with Crippen molar-refractivity contribution in [3.8, 4) is 5.75 Å². The number of amides is 3. The first-order valence-electron chi connectivity index (χ1n) is 22.7. The van der Waals surface area contributed by atoms with Gasteiger partial charge in [-0.15, -0.1) is 0 Å². The van der Waals surface area contributed by atoms with Crippen LogP contribution in [-0.2, 0) is 19.7 Å². The number of morpholine rings is 1. The highest BCUT2D eigenvalue weighted by molar-refractivity contribution is 6.21. The maximum Gasteiger partial charge on any atom is 0.257 e. The van der Waals surface area contributed by atoms with Crippen molar-refractivity contribution in [3.63, 3.8) is 0 Å². The summed E-state index contributed by atoms with van der Waals surface area (Å²) in [5.41, 5.74) is 2.08. The van der Waals surface area contributed by atoms with Crippen LogP contribution < -0.4 is 15.4 Å². The Bertz CT molecular complexity index is 1860. The molecule has 0 unspecified atom stereocenters. The Kier molecular flexibility index (Phi) is 19.2. The van der Waals surface area contributed by atoms with E-state index in [1.165, 1.54) is 69.9 Å². The van der Waals surface area contributed by atoms with E-state index >= 15 is 0 Å². The van der Waals surface area contributed by atoms with Gasteiger partial charge in [-0.25, -0.2) is 4.39 Å². The minimum absolute atomic E-state index is 0.0292. The molecule has 5 rings (SSSR count). The molecule has 0 spiro atoms. The van der Waals surface area contributed by atoms with E-state index in [2.05, 4.69) is 39.6 Å². The van der Waals surface area contributed by atoms with Crippen molar-refractivity contribution in [2.75, 3.05) is 59.1 Å². The highest BCUT2D eigenvalue weighted by Gasteiger charge is 2.37. The third kappa shape index (κ3) is 14.6. The summed E-state index contributed by atoms with van der Waals surface area (Å²) in [5, 5.41) is 6.68. The van der Waals surface area contributed by atoms with Crippen molar-refractivity contribution in [2.45, 2.75) is 122 Å². The second-order valence-electron chi connectivity index (χ2n) is 17.0. The van der Waals surface area contributed by atoms with Crippen LogP contribution in [0.4, 0.5) is 4.39 Å². The van der Waals surface area contributed by atoms with Gasteiger partial charge < -0.3 is 30.0 Å². The molecular weight excluding hydrogens is 758 g/mol. The number of benzene rings is 2. The van der Waals surface area contributed by atoms with Crippen molar-refractivity contribution in [1.82, 2.24) is 25.4 Å². The van der Waals surface area contributed by atoms with Crippen LogP contribution in [0.1, 0.15) is 139 Å². The molecule has 10 nitrogen and oxygen atoms in total. The maximum atomic E-state index is 14.4. The zero-order chi connectivity index (χ0) is 42.6. The number of carbonyl (C=O) groups is 3. The molecule has 2 aromatic carbocycles. The molecule has 2 aliphatic heterocycles. The molecule has 2 aliphatic rings. The Morgan fingerprint density at radius 3 is 2.23 bits per heavy atom. The third-order valence-corrected chi connectivity index (χ3v) is 11.6. The fraction of sp³-hybridized carbons (Fsp3) is 0.571. The lowest BCUT2D eigenvalue weighted by Crippen LogP contribution is -2.37. The van der Waals surface area contributed by atoms with E-state index in [1.54, 1.807) is 41.4 Å². The van der Waals surface area contributed by atoms with Crippen molar-refractivity contribution < 1.29 is 28.2 Å². The summed E-state index contributed by atoms with van der Waals surface area (Å²) in [5.74, 6) is -0.375. The zero-order valence-electron chi connectivity index (χ0n) is 36.6. The SMILES string of the molecule is CCCCCCCCC=CCCCCCCCC(=O)NCCNC(=O)C1=CN(C(=O)c2ccc(OCCCN3CCOCC3)cc2)CC(C)(C)c2c1[nH]c1cc(F)ccc21. The first kappa shape index (κ1) is 46.6. The van der Waals surface area contributed by atoms with Gasteiger partial charge in [0.15, 0.2) is 0 Å². The van der Waals surface area contributed by atoms with E-state index in [0.29, 0.717) is 35.6 Å². The van der Waals surface area contributed by atoms with E-state index in [9.17, 15) is 18.8 Å². The average Bonchev–Trinajstić information content (AvgIpc) is 3.58. The monoisotopic (exact) mass is 828 g/mol. The quantitative estimate of drug-likeness (QED) is 0.0579. The molecule has 3 aromatic rings. The van der Waals surface area contributed by atoms with Gasteiger partial charge in [0.2, 0.25) is 5.91 Å². The molecule has 1 saturated heterocycles. The summed E-state index contributed by atoms with van der Waals surface area (Å²) in [6.07, 6.45) is 23.3. The second kappa shape index (κ2) is 24.7. The molecule has 60 heavy (non-hydrogen) atoms. The summed E-state index contributed by atoms with van der Waals surface area (Å²) in [4.78, 5) is 47.9. The van der Waals surface area contributed by atoms with Gasteiger partial charge in [0.1, 0.15) is 11.6 Å². The standard InChI is InChI=1S/C49H70FN5O5/c1-4-5-6-7-8-9-10-11-12-13-14-15-16-17-18-20-44(56)51-27-28-52-47(57)42-36-55(37-49(2,3)45-41-26-23-39(50)35-43(41)53-46(42)45)48(58)38-21-24-40(25-22-38)60-32-19-29-54-30-33-59-34-31-54/h11-12,21-26,35-36,53H,4-10,13-20,27-34,37H2,1-3H3,(H,51,56)(H,52,57). The average molecular weight is 828 g/mol. The largest absolute Gasteiger partial charge is 0.494 e. The number of H-pyrrole nitrogens is 1. The van der Waals surface area contributed by atoms with Crippen LogP contribution >= 0.6 is 0 Å². The van der Waals surface area contributed by atoms with Crippen LogP contribution in [0.2, 0.25) is 0 Å². The molecule has 3 heterocycles. The molecule has 1 fully saturated rings. The molecule has 0 aliphatic carbocycles. The molecule has 0 bridgehead atoms. The number of carbonyl (C=O) groups excluding carboxylic acids is 3. The van der Waals surface area contributed by atoms with Crippen LogP contribution in [-0.4, -0.2) is 91.6 Å². The summed E-state index contributed by atoms with van der Waals surface area (Å²) in [6.45, 7) is 12.0. The summed E-state index contributed by atoms with van der Waals surface area (Å²) < 4.78 is 25.8. The Morgan fingerprint density at radius 2 is 1.52 bits per heavy atom. The lowest BCUT2D eigenvalue weighted by atomic mass is 9.81. The molecule has 11 heteroatoms. The van der Waals surface area contributed by atoms with E-state index in [0.717, 1.165) is 75.9 Å². The number of halogens is 1. The van der Waals surface area contributed by atoms with Gasteiger partial charge in [0.05, 0.1) is 31.1 Å². The lowest BCUT2D eigenvalue weighted by Gasteiger charge is -2.29. The van der Waals surface area contributed by atoms with Crippen LogP contribution in [0, 0.1) is 5.82 Å². The maximum absolute atomic E-state index is 14.4. The Hall–Kier alpha value is -4.48. The summed E-state index contributed by atoms with van der Waals surface area (Å²) in [7, 11) is 0. The first-order chi connectivity index (χ1) is 29.2. The Balaban J connectivity index is 1.09. The van der Waals surface area contributed by atoms with Gasteiger partial charge in [-0.2, -0.15) is 0 Å². The molecule has 3 amide bonds. The zero-order valence-corrected chi connectivity index (χ0v) is 36.6. The normalized spacial score (nSPS) is 15.5. The predicted molar refractivity (Wildman–Crippen MR) is 240 cm³/mol. The molecule has 328 valence electrons. The molecular formula is C49H70FN5O5. The summed E-state index contributed by atoms with van der Waals surface area (Å²) >= 11 is 0. The number of allylic oxidation sites excluding steroid dienone is 2. The van der Waals surface area contributed by atoms with Crippen molar-refractivity contribution >= 4 is 34.2 Å². The predicted octanol–water partition coefficient (Wildman–Crippen LogP) is 9.45. The number of hydrogen-bond acceptors (Lipinski definition) is 6. The minimum atomic E-state index is -0.610. The number of aromatic amines is 1. The second-order valence-corrected chi connectivity index (χ2v) is 17.0. The minimum Gasteiger partial charge on any atom is -0.494 e. The van der Waals surface area contributed by atoms with E-state index < -0.39 is 11.3 Å². The number of nitrogens with one attached hydrogen (secondary N) is 3. The van der Waals surface area contributed by atoms with Crippen LogP contribution in [0.3, 0.4) is 0 Å².